The highest BCUT2D eigenvalue weighted by molar-refractivity contribution is 7.91. The summed E-state index contributed by atoms with van der Waals surface area (Å²) in [5.74, 6) is -0.434. The second-order valence-corrected chi connectivity index (χ2v) is 6.03. The van der Waals surface area contributed by atoms with Crippen molar-refractivity contribution in [3.8, 4) is 0 Å². The summed E-state index contributed by atoms with van der Waals surface area (Å²) in [5.41, 5.74) is 0.0777. The molecule has 0 aromatic heterocycles. The van der Waals surface area contributed by atoms with E-state index in [9.17, 15) is 13.2 Å². The van der Waals surface area contributed by atoms with Crippen molar-refractivity contribution in [2.75, 3.05) is 18.2 Å². The van der Waals surface area contributed by atoms with E-state index >= 15 is 0 Å². The van der Waals surface area contributed by atoms with Crippen LogP contribution in [0.4, 0.5) is 0 Å². The zero-order valence-electron chi connectivity index (χ0n) is 10.1. The summed E-state index contributed by atoms with van der Waals surface area (Å²) >= 11 is 5.49. The number of hydrogen-bond acceptors (Lipinski definition) is 4. The van der Waals surface area contributed by atoms with Crippen LogP contribution in [0.3, 0.4) is 0 Å². The number of carbonyl (C=O) groups excluding carboxylic acids is 1. The van der Waals surface area contributed by atoms with E-state index in [0.29, 0.717) is 6.42 Å². The van der Waals surface area contributed by atoms with Gasteiger partial charge in [-0.25, -0.2) is 13.2 Å². The summed E-state index contributed by atoms with van der Waals surface area (Å²) < 4.78 is 28.9. The van der Waals surface area contributed by atoms with Gasteiger partial charge in [0, 0.05) is 5.88 Å². The molecule has 0 aliphatic heterocycles. The van der Waals surface area contributed by atoms with Crippen LogP contribution in [0.5, 0.6) is 0 Å². The number of esters is 1. The SMILES string of the molecule is CCOC(=O)c1ccccc1S(=O)(=O)CCCCl. The van der Waals surface area contributed by atoms with Gasteiger partial charge >= 0.3 is 5.97 Å². The standard InChI is InChI=1S/C12H15ClO4S/c1-2-17-12(14)10-6-3-4-7-11(10)18(15,16)9-5-8-13/h3-4,6-7H,2,5,8-9H2,1H3. The van der Waals surface area contributed by atoms with Gasteiger partial charge in [-0.15, -0.1) is 11.6 Å². The number of carbonyl (C=O) groups is 1. The molecule has 100 valence electrons. The van der Waals surface area contributed by atoms with Crippen molar-refractivity contribution >= 4 is 27.4 Å². The quantitative estimate of drug-likeness (QED) is 0.596. The Morgan fingerprint density at radius 1 is 1.33 bits per heavy atom. The molecule has 18 heavy (non-hydrogen) atoms. The molecule has 0 aliphatic rings. The molecule has 0 heterocycles. The molecule has 0 radical (unpaired) electrons. The average Bonchev–Trinajstić information content (AvgIpc) is 2.37. The first-order valence-corrected chi connectivity index (χ1v) is 7.76. The zero-order valence-corrected chi connectivity index (χ0v) is 11.6. The second kappa shape index (κ2) is 6.75. The van der Waals surface area contributed by atoms with E-state index in [1.54, 1.807) is 19.1 Å². The number of ether oxygens (including phenoxy) is 1. The minimum Gasteiger partial charge on any atom is -0.462 e. The zero-order chi connectivity index (χ0) is 13.6. The van der Waals surface area contributed by atoms with Crippen molar-refractivity contribution in [1.82, 2.24) is 0 Å². The van der Waals surface area contributed by atoms with Gasteiger partial charge in [0.1, 0.15) is 0 Å². The summed E-state index contributed by atoms with van der Waals surface area (Å²) in [7, 11) is -3.50. The molecule has 0 spiro atoms. The molecule has 0 amide bonds. The summed E-state index contributed by atoms with van der Waals surface area (Å²) in [5, 5.41) is 0. The lowest BCUT2D eigenvalue weighted by Crippen LogP contribution is -2.14. The Balaban J connectivity index is 3.13. The molecule has 0 atom stereocenters. The normalized spacial score (nSPS) is 11.2. The fourth-order valence-corrected chi connectivity index (χ4v) is 3.28. The molecule has 4 nitrogen and oxygen atoms in total. The van der Waals surface area contributed by atoms with Gasteiger partial charge in [0.25, 0.3) is 0 Å². The minimum atomic E-state index is -3.50. The minimum absolute atomic E-state index is 0.00793. The Labute approximate surface area is 112 Å². The van der Waals surface area contributed by atoms with Crippen molar-refractivity contribution in [2.24, 2.45) is 0 Å². The Hall–Kier alpha value is -1.07. The number of rotatable bonds is 6. The Morgan fingerprint density at radius 2 is 2.00 bits per heavy atom. The molecule has 0 fully saturated rings. The molecular weight excluding hydrogens is 276 g/mol. The van der Waals surface area contributed by atoms with Crippen LogP contribution >= 0.6 is 11.6 Å². The van der Waals surface area contributed by atoms with Crippen LogP contribution in [0.1, 0.15) is 23.7 Å². The van der Waals surface area contributed by atoms with Crippen LogP contribution in [-0.2, 0) is 14.6 Å². The van der Waals surface area contributed by atoms with Crippen LogP contribution in [0.15, 0.2) is 29.2 Å². The van der Waals surface area contributed by atoms with E-state index in [1.165, 1.54) is 12.1 Å². The summed E-state index contributed by atoms with van der Waals surface area (Å²) in [6.07, 6.45) is 0.348. The predicted octanol–water partition coefficient (Wildman–Crippen LogP) is 2.27. The van der Waals surface area contributed by atoms with E-state index < -0.39 is 15.8 Å². The van der Waals surface area contributed by atoms with Gasteiger partial charge in [0.15, 0.2) is 9.84 Å². The lowest BCUT2D eigenvalue weighted by Gasteiger charge is -2.09. The van der Waals surface area contributed by atoms with E-state index in [1.807, 2.05) is 0 Å². The highest BCUT2D eigenvalue weighted by Crippen LogP contribution is 2.18. The molecule has 0 aliphatic carbocycles. The Bertz CT molecular complexity index is 511. The van der Waals surface area contributed by atoms with Gasteiger partial charge in [-0.2, -0.15) is 0 Å². The monoisotopic (exact) mass is 290 g/mol. The van der Waals surface area contributed by atoms with Crippen molar-refractivity contribution < 1.29 is 17.9 Å². The van der Waals surface area contributed by atoms with Crippen LogP contribution < -0.4 is 0 Å². The van der Waals surface area contributed by atoms with Gasteiger partial charge in [-0.05, 0) is 25.5 Å². The van der Waals surface area contributed by atoms with Crippen molar-refractivity contribution in [1.29, 1.82) is 0 Å². The molecule has 0 N–H and O–H groups in total. The summed E-state index contributed by atoms with van der Waals surface area (Å²) in [6, 6.07) is 6.05. The maximum atomic E-state index is 12.1. The third-order valence-corrected chi connectivity index (χ3v) is 4.38. The molecule has 0 bridgehead atoms. The van der Waals surface area contributed by atoms with Gasteiger partial charge in [-0.3, -0.25) is 0 Å². The molecule has 0 unspecified atom stereocenters. The molecule has 0 saturated carbocycles. The fourth-order valence-electron chi connectivity index (χ4n) is 1.47. The lowest BCUT2D eigenvalue weighted by molar-refractivity contribution is 0.0522. The fraction of sp³-hybridized carbons (Fsp3) is 0.417. The topological polar surface area (TPSA) is 60.4 Å². The highest BCUT2D eigenvalue weighted by Gasteiger charge is 2.22. The highest BCUT2D eigenvalue weighted by atomic mass is 35.5. The maximum Gasteiger partial charge on any atom is 0.339 e. The van der Waals surface area contributed by atoms with Crippen LogP contribution in [0.25, 0.3) is 0 Å². The maximum absolute atomic E-state index is 12.1. The van der Waals surface area contributed by atoms with Gasteiger partial charge in [0.05, 0.1) is 22.8 Å². The van der Waals surface area contributed by atoms with Crippen molar-refractivity contribution in [2.45, 2.75) is 18.2 Å². The molecule has 1 aromatic rings. The van der Waals surface area contributed by atoms with E-state index in [2.05, 4.69) is 0 Å². The van der Waals surface area contributed by atoms with Gasteiger partial charge < -0.3 is 4.74 Å². The summed E-state index contributed by atoms with van der Waals surface area (Å²) in [4.78, 5) is 11.7. The Morgan fingerprint density at radius 3 is 2.61 bits per heavy atom. The molecule has 0 saturated heterocycles. The first kappa shape index (κ1) is 15.0. The van der Waals surface area contributed by atoms with Crippen molar-refractivity contribution in [3.05, 3.63) is 29.8 Å². The van der Waals surface area contributed by atoms with E-state index in [4.69, 9.17) is 16.3 Å². The smallest absolute Gasteiger partial charge is 0.339 e. The van der Waals surface area contributed by atoms with Crippen molar-refractivity contribution in [3.63, 3.8) is 0 Å². The molecule has 6 heteroatoms. The molecule has 1 rings (SSSR count). The number of hydrogen-bond donors (Lipinski definition) is 0. The third kappa shape index (κ3) is 3.71. The first-order chi connectivity index (χ1) is 8.53. The number of benzene rings is 1. The van der Waals surface area contributed by atoms with Gasteiger partial charge in [0.2, 0.25) is 0 Å². The average molecular weight is 291 g/mol. The Kier molecular flexibility index (Phi) is 5.62. The van der Waals surface area contributed by atoms with Crippen LogP contribution in [-0.4, -0.2) is 32.6 Å². The third-order valence-electron chi connectivity index (χ3n) is 2.26. The molecule has 1 aromatic carbocycles. The van der Waals surface area contributed by atoms with Crippen LogP contribution in [0, 0.1) is 0 Å². The summed E-state index contributed by atoms with van der Waals surface area (Å²) in [6.45, 7) is 1.87. The van der Waals surface area contributed by atoms with E-state index in [0.717, 1.165) is 0 Å². The molecular formula is C12H15ClO4S. The number of alkyl halides is 1. The predicted molar refractivity (Wildman–Crippen MR) is 69.8 cm³/mol. The van der Waals surface area contributed by atoms with Gasteiger partial charge in [-0.1, -0.05) is 12.1 Å². The van der Waals surface area contributed by atoms with E-state index in [-0.39, 0.29) is 28.7 Å². The number of halogens is 1. The largest absolute Gasteiger partial charge is 0.462 e. The second-order valence-electron chi connectivity index (χ2n) is 3.58. The van der Waals surface area contributed by atoms with Crippen LogP contribution in [0.2, 0.25) is 0 Å². The first-order valence-electron chi connectivity index (χ1n) is 5.57. The lowest BCUT2D eigenvalue weighted by atomic mass is 10.2. The number of sulfone groups is 1.